The number of anilines is 1. The number of ether oxygens (including phenoxy) is 1. The molecule has 1 amide bonds. The smallest absolute Gasteiger partial charge is 0.414 e. The first-order valence-corrected chi connectivity index (χ1v) is 9.07. The van der Waals surface area contributed by atoms with Gasteiger partial charge >= 0.3 is 6.09 Å². The van der Waals surface area contributed by atoms with Gasteiger partial charge in [0.15, 0.2) is 0 Å². The molecular formula is C23H18N2O2. The van der Waals surface area contributed by atoms with Crippen molar-refractivity contribution in [3.8, 4) is 11.1 Å². The lowest BCUT2D eigenvalue weighted by molar-refractivity contribution is 0.181. The molecule has 0 atom stereocenters. The summed E-state index contributed by atoms with van der Waals surface area (Å²) in [4.78, 5) is 18.3. The Bertz CT molecular complexity index is 1040. The first-order valence-electron chi connectivity index (χ1n) is 9.07. The van der Waals surface area contributed by atoms with Crippen LogP contribution in [0.15, 0.2) is 77.8 Å². The number of carbonyl (C=O) groups is 1. The molecule has 2 aliphatic rings. The van der Waals surface area contributed by atoms with Gasteiger partial charge in [-0.05, 0) is 28.8 Å². The van der Waals surface area contributed by atoms with Crippen LogP contribution < -0.4 is 4.90 Å². The lowest BCUT2D eigenvalue weighted by Gasteiger charge is -2.14. The van der Waals surface area contributed by atoms with Crippen LogP contribution in [0.4, 0.5) is 10.5 Å². The van der Waals surface area contributed by atoms with Gasteiger partial charge in [0.2, 0.25) is 0 Å². The number of fused-ring (bicyclic) bond motifs is 1. The zero-order valence-corrected chi connectivity index (χ0v) is 14.8. The minimum atomic E-state index is -0.279. The molecule has 132 valence electrons. The Kier molecular flexibility index (Phi) is 3.75. The van der Waals surface area contributed by atoms with Gasteiger partial charge in [-0.3, -0.25) is 9.89 Å². The van der Waals surface area contributed by atoms with Crippen molar-refractivity contribution < 1.29 is 9.53 Å². The molecule has 3 aromatic carbocycles. The fourth-order valence-corrected chi connectivity index (χ4v) is 3.67. The molecule has 5 rings (SSSR count). The molecule has 0 bridgehead atoms. The number of cyclic esters (lactones) is 1. The molecule has 3 aromatic rings. The molecule has 0 spiro atoms. The molecule has 0 aliphatic carbocycles. The predicted molar refractivity (Wildman–Crippen MR) is 106 cm³/mol. The first-order chi connectivity index (χ1) is 13.3. The Morgan fingerprint density at radius 3 is 2.33 bits per heavy atom. The topological polar surface area (TPSA) is 41.9 Å². The molecule has 2 heterocycles. The van der Waals surface area contributed by atoms with Crippen molar-refractivity contribution >= 4 is 17.5 Å². The van der Waals surface area contributed by atoms with Crippen LogP contribution in [0, 0.1) is 0 Å². The second kappa shape index (κ2) is 6.40. The number of aliphatic imine (C=N–C) groups is 1. The quantitative estimate of drug-likeness (QED) is 0.686. The molecule has 0 aromatic heterocycles. The molecule has 4 nitrogen and oxygen atoms in total. The van der Waals surface area contributed by atoms with Crippen LogP contribution in [0.5, 0.6) is 0 Å². The fraction of sp³-hybridized carbons (Fsp3) is 0.130. The largest absolute Gasteiger partial charge is 0.447 e. The number of hydrogen-bond donors (Lipinski definition) is 0. The van der Waals surface area contributed by atoms with Crippen LogP contribution in [-0.2, 0) is 11.3 Å². The van der Waals surface area contributed by atoms with E-state index in [1.54, 1.807) is 4.90 Å². The third-order valence-corrected chi connectivity index (χ3v) is 5.09. The molecule has 1 fully saturated rings. The predicted octanol–water partition coefficient (Wildman–Crippen LogP) is 4.66. The third-order valence-electron chi connectivity index (χ3n) is 5.09. The molecule has 1 saturated heterocycles. The minimum Gasteiger partial charge on any atom is -0.447 e. The van der Waals surface area contributed by atoms with Crippen LogP contribution in [0.3, 0.4) is 0 Å². The van der Waals surface area contributed by atoms with E-state index in [4.69, 9.17) is 9.73 Å². The second-order valence-electron chi connectivity index (χ2n) is 6.72. The van der Waals surface area contributed by atoms with E-state index in [1.807, 2.05) is 24.3 Å². The van der Waals surface area contributed by atoms with Gasteiger partial charge in [-0.25, -0.2) is 4.79 Å². The molecule has 27 heavy (non-hydrogen) atoms. The third kappa shape index (κ3) is 2.79. The van der Waals surface area contributed by atoms with Gasteiger partial charge in [0.1, 0.15) is 6.61 Å². The number of benzene rings is 3. The average molecular weight is 354 g/mol. The van der Waals surface area contributed by atoms with Crippen LogP contribution in [-0.4, -0.2) is 25.0 Å². The van der Waals surface area contributed by atoms with Crippen LogP contribution in [0.2, 0.25) is 0 Å². The summed E-state index contributed by atoms with van der Waals surface area (Å²) >= 11 is 0. The van der Waals surface area contributed by atoms with Gasteiger partial charge < -0.3 is 4.74 Å². The van der Waals surface area contributed by atoms with Gasteiger partial charge in [0.05, 0.1) is 18.8 Å². The number of rotatable bonds is 3. The minimum absolute atomic E-state index is 0.279. The Labute approximate surface area is 157 Å². The van der Waals surface area contributed by atoms with Crippen molar-refractivity contribution in [2.75, 3.05) is 18.1 Å². The number of carbonyl (C=O) groups excluding carboxylic acids is 1. The highest BCUT2D eigenvalue weighted by atomic mass is 16.6. The summed E-state index contributed by atoms with van der Waals surface area (Å²) < 4.78 is 5.06. The van der Waals surface area contributed by atoms with E-state index in [-0.39, 0.29) is 6.09 Å². The Hall–Kier alpha value is -3.40. The van der Waals surface area contributed by atoms with E-state index in [0.717, 1.165) is 22.5 Å². The maximum Gasteiger partial charge on any atom is 0.414 e. The highest BCUT2D eigenvalue weighted by molar-refractivity contribution is 6.16. The highest BCUT2D eigenvalue weighted by Crippen LogP contribution is 2.29. The van der Waals surface area contributed by atoms with E-state index in [9.17, 15) is 4.79 Å². The van der Waals surface area contributed by atoms with Crippen molar-refractivity contribution in [3.63, 3.8) is 0 Å². The summed E-state index contributed by atoms with van der Waals surface area (Å²) in [6.45, 7) is 1.71. The normalized spacial score (nSPS) is 15.5. The lowest BCUT2D eigenvalue weighted by Crippen LogP contribution is -2.23. The van der Waals surface area contributed by atoms with Gasteiger partial charge in [0, 0.05) is 16.8 Å². The van der Waals surface area contributed by atoms with Crippen LogP contribution in [0.25, 0.3) is 11.1 Å². The Balaban J connectivity index is 1.47. The number of nitrogens with zero attached hydrogens (tertiary/aromatic N) is 2. The van der Waals surface area contributed by atoms with Crippen LogP contribution >= 0.6 is 0 Å². The molecule has 4 heteroatoms. The van der Waals surface area contributed by atoms with Gasteiger partial charge in [-0.2, -0.15) is 0 Å². The summed E-state index contributed by atoms with van der Waals surface area (Å²) in [6, 6.07) is 24.9. The zero-order chi connectivity index (χ0) is 18.2. The van der Waals surface area contributed by atoms with Crippen molar-refractivity contribution in [2.45, 2.75) is 6.54 Å². The number of hydrogen-bond acceptors (Lipinski definition) is 3. The van der Waals surface area contributed by atoms with E-state index >= 15 is 0 Å². The fourth-order valence-electron chi connectivity index (χ4n) is 3.67. The molecule has 0 unspecified atom stereocenters. The van der Waals surface area contributed by atoms with Crippen molar-refractivity contribution in [2.24, 2.45) is 4.99 Å². The average Bonchev–Trinajstić information content (AvgIpc) is 3.34. The molecule has 0 saturated carbocycles. The van der Waals surface area contributed by atoms with Gasteiger partial charge in [0.25, 0.3) is 0 Å². The summed E-state index contributed by atoms with van der Waals surface area (Å²) in [6.07, 6.45) is -0.279. The van der Waals surface area contributed by atoms with Gasteiger partial charge in [-0.1, -0.05) is 60.7 Å². The standard InChI is InChI=1S/C23H18N2O2/c26-23-25(12-13-27-23)20-11-10-19-15-24-22(21(19)14-20)18-8-6-17(7-9-18)16-4-2-1-3-5-16/h1-11,14H,12-13,15H2. The summed E-state index contributed by atoms with van der Waals surface area (Å²) in [7, 11) is 0. The summed E-state index contributed by atoms with van der Waals surface area (Å²) in [5, 5.41) is 0. The maximum absolute atomic E-state index is 11.9. The molecule has 0 N–H and O–H groups in total. The summed E-state index contributed by atoms with van der Waals surface area (Å²) in [5.41, 5.74) is 7.62. The van der Waals surface area contributed by atoms with Crippen LogP contribution in [0.1, 0.15) is 16.7 Å². The molecular weight excluding hydrogens is 336 g/mol. The molecule has 2 aliphatic heterocycles. The number of amides is 1. The van der Waals surface area contributed by atoms with Crippen molar-refractivity contribution in [1.29, 1.82) is 0 Å². The SMILES string of the molecule is O=C1OCCN1c1ccc2c(c1)C(c1ccc(-c3ccccc3)cc1)=NC2. The second-order valence-corrected chi connectivity index (χ2v) is 6.72. The maximum atomic E-state index is 11.9. The van der Waals surface area contributed by atoms with E-state index in [0.29, 0.717) is 19.7 Å². The van der Waals surface area contributed by atoms with E-state index in [1.165, 1.54) is 16.7 Å². The van der Waals surface area contributed by atoms with Gasteiger partial charge in [-0.15, -0.1) is 0 Å². The molecule has 0 radical (unpaired) electrons. The monoisotopic (exact) mass is 354 g/mol. The summed E-state index contributed by atoms with van der Waals surface area (Å²) in [5.74, 6) is 0. The van der Waals surface area contributed by atoms with E-state index in [2.05, 4.69) is 48.5 Å². The van der Waals surface area contributed by atoms with Crippen molar-refractivity contribution in [3.05, 3.63) is 89.5 Å². The highest BCUT2D eigenvalue weighted by Gasteiger charge is 2.26. The lowest BCUT2D eigenvalue weighted by atomic mass is 9.97. The first kappa shape index (κ1) is 15.8. The van der Waals surface area contributed by atoms with E-state index < -0.39 is 0 Å². The van der Waals surface area contributed by atoms with Crippen molar-refractivity contribution in [1.82, 2.24) is 0 Å². The Morgan fingerprint density at radius 1 is 0.852 bits per heavy atom. The zero-order valence-electron chi connectivity index (χ0n) is 14.8. The Morgan fingerprint density at radius 2 is 1.59 bits per heavy atom.